The molecule has 0 amide bonds. The van der Waals surface area contributed by atoms with Gasteiger partial charge in [-0.3, -0.25) is 0 Å². The second-order valence-corrected chi connectivity index (χ2v) is 6.45. The van der Waals surface area contributed by atoms with E-state index in [4.69, 9.17) is 0 Å². The van der Waals surface area contributed by atoms with Crippen LogP contribution in [0.25, 0.3) is 0 Å². The van der Waals surface area contributed by atoms with Crippen LogP contribution in [0.5, 0.6) is 5.75 Å². The molecule has 3 nitrogen and oxygen atoms in total. The minimum atomic E-state index is -4.59. The summed E-state index contributed by atoms with van der Waals surface area (Å²) in [5, 5.41) is 0. The van der Waals surface area contributed by atoms with E-state index >= 15 is 0 Å². The molecule has 0 saturated carbocycles. The number of rotatable bonds is 3. The third-order valence-electron chi connectivity index (χ3n) is 2.25. The summed E-state index contributed by atoms with van der Waals surface area (Å²) in [7, 11) is -4.59. The first-order chi connectivity index (χ1) is 9.29. The van der Waals surface area contributed by atoms with Gasteiger partial charge < -0.3 is 4.18 Å². The molecule has 0 aliphatic heterocycles. The van der Waals surface area contributed by atoms with E-state index in [1.54, 1.807) is 6.07 Å². The Kier molecular flexibility index (Phi) is 4.23. The fraction of sp³-hybridized carbons (Fsp3) is 0. The van der Waals surface area contributed by atoms with Gasteiger partial charge >= 0.3 is 10.1 Å². The quantitative estimate of drug-likeness (QED) is 0.439. The highest BCUT2D eigenvalue weighted by Gasteiger charge is 2.24. The zero-order valence-corrected chi connectivity index (χ0v) is 12.6. The third kappa shape index (κ3) is 3.23. The second-order valence-electron chi connectivity index (χ2n) is 3.69. The Labute approximate surface area is 126 Å². The molecule has 0 bridgehead atoms. The van der Waals surface area contributed by atoms with Gasteiger partial charge in [0.25, 0.3) is 0 Å². The smallest absolute Gasteiger partial charge is 0.342 e. The average Bonchev–Trinajstić information content (AvgIpc) is 2.33. The second kappa shape index (κ2) is 5.60. The molecule has 0 fully saturated rings. The topological polar surface area (TPSA) is 43.4 Å². The molecule has 0 unspecified atom stereocenters. The van der Waals surface area contributed by atoms with Gasteiger partial charge in [0.15, 0.2) is 11.6 Å². The molecule has 2 aromatic carbocycles. The molecular weight excluding hydrogens is 408 g/mol. The molecule has 0 spiro atoms. The molecule has 0 radical (unpaired) electrons. The minimum absolute atomic E-state index is 0.0546. The van der Waals surface area contributed by atoms with Crippen LogP contribution in [0.1, 0.15) is 0 Å². The first-order valence-electron chi connectivity index (χ1n) is 5.14. The van der Waals surface area contributed by atoms with Crippen LogP contribution < -0.4 is 4.18 Å². The average molecular weight is 414 g/mol. The third-order valence-corrected chi connectivity index (χ3v) is 4.18. The van der Waals surface area contributed by atoms with Crippen molar-refractivity contribution in [3.8, 4) is 5.75 Å². The van der Waals surface area contributed by atoms with Crippen molar-refractivity contribution in [2.75, 3.05) is 0 Å². The van der Waals surface area contributed by atoms with Gasteiger partial charge in [-0.1, -0.05) is 6.07 Å². The lowest BCUT2D eigenvalue weighted by Crippen LogP contribution is -2.12. The summed E-state index contributed by atoms with van der Waals surface area (Å²) >= 11 is 1.93. The van der Waals surface area contributed by atoms with Crippen LogP contribution in [0.4, 0.5) is 13.2 Å². The first-order valence-corrected chi connectivity index (χ1v) is 7.63. The number of halogens is 4. The van der Waals surface area contributed by atoms with E-state index in [2.05, 4.69) is 4.18 Å². The van der Waals surface area contributed by atoms with E-state index in [0.29, 0.717) is 3.57 Å². The molecule has 2 rings (SSSR count). The Bertz CT molecular complexity index is 763. The van der Waals surface area contributed by atoms with Crippen LogP contribution >= 0.6 is 22.6 Å². The molecule has 20 heavy (non-hydrogen) atoms. The molecule has 106 valence electrons. The van der Waals surface area contributed by atoms with E-state index in [1.165, 1.54) is 18.2 Å². The Morgan fingerprint density at radius 2 is 1.60 bits per heavy atom. The Morgan fingerprint density at radius 3 is 2.25 bits per heavy atom. The van der Waals surface area contributed by atoms with Gasteiger partial charge in [0, 0.05) is 15.7 Å². The lowest BCUT2D eigenvalue weighted by Gasteiger charge is -2.08. The van der Waals surface area contributed by atoms with Gasteiger partial charge in [0.2, 0.25) is 0 Å². The summed E-state index contributed by atoms with van der Waals surface area (Å²) in [5.41, 5.74) is 0. The summed E-state index contributed by atoms with van der Waals surface area (Å²) in [6, 6.07) is 6.37. The molecule has 2 aromatic rings. The molecular formula is C12H6F3IO3S. The summed E-state index contributed by atoms with van der Waals surface area (Å²) < 4.78 is 68.3. The van der Waals surface area contributed by atoms with Gasteiger partial charge in [0.05, 0.1) is 0 Å². The van der Waals surface area contributed by atoms with Gasteiger partial charge in [-0.15, -0.1) is 0 Å². The highest BCUT2D eigenvalue weighted by molar-refractivity contribution is 14.1. The van der Waals surface area contributed by atoms with Crippen LogP contribution in [0.15, 0.2) is 41.3 Å². The van der Waals surface area contributed by atoms with E-state index < -0.39 is 32.5 Å². The van der Waals surface area contributed by atoms with Crippen LogP contribution in [-0.4, -0.2) is 8.42 Å². The molecule has 0 saturated heterocycles. The summed E-state index contributed by atoms with van der Waals surface area (Å²) in [4.78, 5) is -1.06. The van der Waals surface area contributed by atoms with Crippen LogP contribution in [0, 0.1) is 21.0 Å². The van der Waals surface area contributed by atoms with E-state index in [1.807, 2.05) is 22.6 Å². The van der Waals surface area contributed by atoms with Crippen molar-refractivity contribution in [1.29, 1.82) is 0 Å². The highest BCUT2D eigenvalue weighted by atomic mass is 127. The number of benzene rings is 2. The van der Waals surface area contributed by atoms with Crippen LogP contribution in [0.3, 0.4) is 0 Å². The predicted octanol–water partition coefficient (Wildman–Crippen LogP) is 3.48. The molecule has 8 heteroatoms. The van der Waals surface area contributed by atoms with Crippen molar-refractivity contribution in [3.05, 3.63) is 57.4 Å². The normalized spacial score (nSPS) is 11.4. The van der Waals surface area contributed by atoms with Gasteiger partial charge in [0.1, 0.15) is 16.5 Å². The molecule has 0 heterocycles. The van der Waals surface area contributed by atoms with E-state index in [9.17, 15) is 21.6 Å². The lowest BCUT2D eigenvalue weighted by molar-refractivity contribution is 0.460. The van der Waals surface area contributed by atoms with Crippen molar-refractivity contribution in [2.24, 2.45) is 0 Å². The zero-order chi connectivity index (χ0) is 14.9. The SMILES string of the molecule is O=S(=O)(Oc1cccc(I)c1)c1cc(F)c(F)cc1F. The molecule has 0 N–H and O–H groups in total. The monoisotopic (exact) mass is 414 g/mol. The van der Waals surface area contributed by atoms with Crippen molar-refractivity contribution < 1.29 is 25.8 Å². The van der Waals surface area contributed by atoms with Gasteiger partial charge in [-0.05, 0) is 40.8 Å². The number of hydrogen-bond acceptors (Lipinski definition) is 3. The van der Waals surface area contributed by atoms with Gasteiger partial charge in [-0.25, -0.2) is 13.2 Å². The maximum atomic E-state index is 13.4. The first kappa shape index (κ1) is 15.1. The summed E-state index contributed by atoms with van der Waals surface area (Å²) in [6.45, 7) is 0. The Morgan fingerprint density at radius 1 is 0.950 bits per heavy atom. The fourth-order valence-electron chi connectivity index (χ4n) is 1.39. The fourth-order valence-corrected chi connectivity index (χ4v) is 2.89. The Hall–Kier alpha value is -1.29. The zero-order valence-electron chi connectivity index (χ0n) is 9.61. The van der Waals surface area contributed by atoms with Crippen LogP contribution in [0.2, 0.25) is 0 Å². The van der Waals surface area contributed by atoms with Gasteiger partial charge in [-0.2, -0.15) is 8.42 Å². The van der Waals surface area contributed by atoms with E-state index in [-0.39, 0.29) is 17.9 Å². The standard InChI is InChI=1S/C12H6F3IO3S/c13-9-5-11(15)12(6-10(9)14)20(17,18)19-8-3-1-2-7(16)4-8/h1-6H. The molecule has 0 aromatic heterocycles. The summed E-state index contributed by atoms with van der Waals surface area (Å²) in [5.74, 6) is -4.43. The van der Waals surface area contributed by atoms with E-state index in [0.717, 1.165) is 0 Å². The molecule has 0 aliphatic carbocycles. The Balaban J connectivity index is 2.43. The molecule has 0 atom stereocenters. The molecule has 0 aliphatic rings. The maximum absolute atomic E-state index is 13.4. The van der Waals surface area contributed by atoms with Crippen molar-refractivity contribution >= 4 is 32.7 Å². The highest BCUT2D eigenvalue weighted by Crippen LogP contribution is 2.24. The maximum Gasteiger partial charge on any atom is 0.342 e. The van der Waals surface area contributed by atoms with Crippen molar-refractivity contribution in [3.63, 3.8) is 0 Å². The predicted molar refractivity (Wildman–Crippen MR) is 73.3 cm³/mol. The minimum Gasteiger partial charge on any atom is -0.379 e. The van der Waals surface area contributed by atoms with Crippen LogP contribution in [-0.2, 0) is 10.1 Å². The largest absolute Gasteiger partial charge is 0.379 e. The van der Waals surface area contributed by atoms with Crippen molar-refractivity contribution in [1.82, 2.24) is 0 Å². The number of hydrogen-bond donors (Lipinski definition) is 0. The summed E-state index contributed by atoms with van der Waals surface area (Å²) in [6.07, 6.45) is 0. The van der Waals surface area contributed by atoms with Crippen molar-refractivity contribution in [2.45, 2.75) is 4.90 Å². The lowest BCUT2D eigenvalue weighted by atomic mass is 10.3.